The number of piperidine rings is 1. The molecule has 1 aromatic rings. The van der Waals surface area contributed by atoms with Gasteiger partial charge in [-0.2, -0.15) is 0 Å². The number of nitrogens with zero attached hydrogens (tertiary/aromatic N) is 1. The molecule has 1 saturated heterocycles. The highest BCUT2D eigenvalue weighted by atomic mass is 16.1. The first-order valence-corrected chi connectivity index (χ1v) is 9.58. The van der Waals surface area contributed by atoms with Gasteiger partial charge in [-0.15, -0.1) is 0 Å². The van der Waals surface area contributed by atoms with E-state index in [0.29, 0.717) is 23.5 Å². The molecule has 2 saturated carbocycles. The summed E-state index contributed by atoms with van der Waals surface area (Å²) in [6.45, 7) is 4.49. The summed E-state index contributed by atoms with van der Waals surface area (Å²) >= 11 is 0. The molecule has 0 aromatic heterocycles. The van der Waals surface area contributed by atoms with Crippen molar-refractivity contribution >= 4 is 5.78 Å². The Bertz CT molecular complexity index is 554. The summed E-state index contributed by atoms with van der Waals surface area (Å²) in [5, 5.41) is 0. The van der Waals surface area contributed by atoms with Crippen molar-refractivity contribution in [3.05, 3.63) is 35.9 Å². The predicted molar refractivity (Wildman–Crippen MR) is 93.0 cm³/mol. The number of hydrogen-bond donors (Lipinski definition) is 0. The lowest BCUT2D eigenvalue weighted by molar-refractivity contribution is -0.139. The van der Waals surface area contributed by atoms with Crippen molar-refractivity contribution in [1.29, 1.82) is 0 Å². The molecule has 5 atom stereocenters. The fourth-order valence-electron chi connectivity index (χ4n) is 5.91. The SMILES string of the molecule is CC[C@@H]1C(=O)C[C@H]2CCN(Cc3ccccc3)[C@H]3CCC[C@@H]1[C@H]23. The number of hydrogen-bond acceptors (Lipinski definition) is 2. The van der Waals surface area contributed by atoms with Crippen molar-refractivity contribution in [3.63, 3.8) is 0 Å². The first-order valence-electron chi connectivity index (χ1n) is 9.58. The molecule has 2 nitrogen and oxygen atoms in total. The van der Waals surface area contributed by atoms with Crippen LogP contribution >= 0.6 is 0 Å². The van der Waals surface area contributed by atoms with Gasteiger partial charge >= 0.3 is 0 Å². The van der Waals surface area contributed by atoms with E-state index in [1.165, 1.54) is 37.8 Å². The maximum atomic E-state index is 12.5. The average molecular weight is 311 g/mol. The van der Waals surface area contributed by atoms with Crippen LogP contribution in [0.3, 0.4) is 0 Å². The summed E-state index contributed by atoms with van der Waals surface area (Å²) in [6.07, 6.45) is 7.10. The van der Waals surface area contributed by atoms with Crippen LogP contribution in [0.4, 0.5) is 0 Å². The Hall–Kier alpha value is -1.15. The summed E-state index contributed by atoms with van der Waals surface area (Å²) in [6, 6.07) is 11.6. The molecule has 0 amide bonds. The third-order valence-electron chi connectivity index (χ3n) is 6.84. The fraction of sp³-hybridized carbons (Fsp3) is 0.667. The van der Waals surface area contributed by atoms with E-state index in [9.17, 15) is 4.79 Å². The van der Waals surface area contributed by atoms with E-state index in [2.05, 4.69) is 42.2 Å². The van der Waals surface area contributed by atoms with Gasteiger partial charge in [0, 0.05) is 24.9 Å². The minimum absolute atomic E-state index is 0.357. The van der Waals surface area contributed by atoms with Crippen LogP contribution in [0.15, 0.2) is 30.3 Å². The second kappa shape index (κ2) is 6.39. The largest absolute Gasteiger partial charge is 0.299 e. The lowest BCUT2D eigenvalue weighted by atomic mass is 9.56. The van der Waals surface area contributed by atoms with Gasteiger partial charge in [-0.3, -0.25) is 9.69 Å². The van der Waals surface area contributed by atoms with E-state index in [4.69, 9.17) is 0 Å². The molecule has 23 heavy (non-hydrogen) atoms. The number of rotatable bonds is 3. The molecule has 1 aliphatic heterocycles. The van der Waals surface area contributed by atoms with Crippen molar-refractivity contribution < 1.29 is 4.79 Å². The van der Waals surface area contributed by atoms with Crippen LogP contribution in [0.25, 0.3) is 0 Å². The zero-order valence-corrected chi connectivity index (χ0v) is 14.3. The van der Waals surface area contributed by atoms with Gasteiger partial charge in [-0.25, -0.2) is 0 Å². The number of carbonyl (C=O) groups is 1. The van der Waals surface area contributed by atoms with Crippen LogP contribution in [-0.4, -0.2) is 23.3 Å². The van der Waals surface area contributed by atoms with Gasteiger partial charge in [0.25, 0.3) is 0 Å². The van der Waals surface area contributed by atoms with Crippen molar-refractivity contribution in [3.8, 4) is 0 Å². The van der Waals surface area contributed by atoms with E-state index in [1.54, 1.807) is 0 Å². The Kier molecular flexibility index (Phi) is 4.27. The summed E-state index contributed by atoms with van der Waals surface area (Å²) in [5.74, 6) is 3.06. The maximum absolute atomic E-state index is 12.5. The third-order valence-corrected chi connectivity index (χ3v) is 6.84. The summed E-state index contributed by atoms with van der Waals surface area (Å²) in [7, 11) is 0. The topological polar surface area (TPSA) is 20.3 Å². The van der Waals surface area contributed by atoms with Crippen LogP contribution in [0.5, 0.6) is 0 Å². The molecule has 3 fully saturated rings. The third kappa shape index (κ3) is 2.76. The summed E-state index contributed by atoms with van der Waals surface area (Å²) < 4.78 is 0. The van der Waals surface area contributed by atoms with Crippen molar-refractivity contribution in [2.75, 3.05) is 6.54 Å². The molecule has 4 rings (SSSR count). The van der Waals surface area contributed by atoms with Crippen LogP contribution in [0.2, 0.25) is 0 Å². The van der Waals surface area contributed by atoms with Crippen LogP contribution in [0, 0.1) is 23.7 Å². The predicted octanol–water partition coefficient (Wildman–Crippen LogP) is 4.29. The highest BCUT2D eigenvalue weighted by molar-refractivity contribution is 5.82. The quantitative estimate of drug-likeness (QED) is 0.830. The van der Waals surface area contributed by atoms with E-state index >= 15 is 0 Å². The number of ketones is 1. The molecular weight excluding hydrogens is 282 g/mol. The molecule has 1 aromatic carbocycles. The molecule has 2 heteroatoms. The second-order valence-corrected chi connectivity index (χ2v) is 7.93. The number of benzene rings is 1. The lowest BCUT2D eigenvalue weighted by Gasteiger charge is -2.55. The monoisotopic (exact) mass is 311 g/mol. The van der Waals surface area contributed by atoms with Crippen molar-refractivity contribution in [1.82, 2.24) is 4.90 Å². The minimum Gasteiger partial charge on any atom is -0.299 e. The Balaban J connectivity index is 1.57. The Morgan fingerprint density at radius 3 is 2.74 bits per heavy atom. The zero-order valence-electron chi connectivity index (χ0n) is 14.3. The van der Waals surface area contributed by atoms with Gasteiger partial charge in [0.05, 0.1) is 0 Å². The van der Waals surface area contributed by atoms with E-state index in [-0.39, 0.29) is 0 Å². The molecule has 2 aliphatic carbocycles. The molecule has 0 spiro atoms. The van der Waals surface area contributed by atoms with Gasteiger partial charge in [0.15, 0.2) is 0 Å². The van der Waals surface area contributed by atoms with E-state index in [1.807, 2.05) is 0 Å². The van der Waals surface area contributed by atoms with Crippen LogP contribution in [0.1, 0.15) is 51.0 Å². The molecule has 124 valence electrons. The number of likely N-dealkylation sites (tertiary alicyclic amines) is 1. The number of Topliss-reactive ketones (excluding diaryl/α,β-unsaturated/α-hetero) is 1. The maximum Gasteiger partial charge on any atom is 0.136 e. The molecule has 0 radical (unpaired) electrons. The lowest BCUT2D eigenvalue weighted by Crippen LogP contribution is -2.57. The van der Waals surface area contributed by atoms with Crippen LogP contribution < -0.4 is 0 Å². The van der Waals surface area contributed by atoms with Gasteiger partial charge in [-0.05, 0) is 55.5 Å². The molecule has 3 aliphatic rings. The zero-order chi connectivity index (χ0) is 15.8. The minimum atomic E-state index is 0.357. The van der Waals surface area contributed by atoms with Crippen molar-refractivity contribution in [2.24, 2.45) is 23.7 Å². The van der Waals surface area contributed by atoms with Crippen LogP contribution in [-0.2, 0) is 11.3 Å². The summed E-state index contributed by atoms with van der Waals surface area (Å²) in [4.78, 5) is 15.3. The molecule has 0 bridgehead atoms. The standard InChI is InChI=1S/C21H29NO/c1-2-17-18-9-6-10-19-21(18)16(13-20(17)23)11-12-22(19)14-15-7-4-3-5-8-15/h3-5,7-8,16-19,21H,2,6,9-14H2,1H3/t16-,17+,18+,19+,21+/m1/s1. The highest BCUT2D eigenvalue weighted by Crippen LogP contribution is 2.51. The highest BCUT2D eigenvalue weighted by Gasteiger charge is 2.51. The van der Waals surface area contributed by atoms with E-state index in [0.717, 1.165) is 31.3 Å². The van der Waals surface area contributed by atoms with E-state index < -0.39 is 0 Å². The molecule has 0 N–H and O–H groups in total. The van der Waals surface area contributed by atoms with Gasteiger partial charge in [-0.1, -0.05) is 43.7 Å². The second-order valence-electron chi connectivity index (χ2n) is 7.93. The Morgan fingerprint density at radius 2 is 1.96 bits per heavy atom. The van der Waals surface area contributed by atoms with Crippen molar-refractivity contribution in [2.45, 2.75) is 58.0 Å². The first-order chi connectivity index (χ1) is 11.3. The normalized spacial score (nSPS) is 37.4. The first kappa shape index (κ1) is 15.4. The Labute approximate surface area is 140 Å². The summed E-state index contributed by atoms with van der Waals surface area (Å²) in [5.41, 5.74) is 1.44. The van der Waals surface area contributed by atoms with Gasteiger partial charge in [0.2, 0.25) is 0 Å². The Morgan fingerprint density at radius 1 is 1.13 bits per heavy atom. The molecule has 1 heterocycles. The molecule has 0 unspecified atom stereocenters. The smallest absolute Gasteiger partial charge is 0.136 e. The van der Waals surface area contributed by atoms with Gasteiger partial charge < -0.3 is 0 Å². The molecular formula is C21H29NO. The fourth-order valence-corrected chi connectivity index (χ4v) is 5.91. The number of carbonyl (C=O) groups excluding carboxylic acids is 1. The average Bonchev–Trinajstić information content (AvgIpc) is 2.58. The van der Waals surface area contributed by atoms with Gasteiger partial charge in [0.1, 0.15) is 5.78 Å².